The molecule has 1 aliphatic rings. The molecule has 1 aromatic rings. The van der Waals surface area contributed by atoms with Crippen LogP contribution in [0.2, 0.25) is 0 Å². The van der Waals surface area contributed by atoms with Gasteiger partial charge >= 0.3 is 0 Å². The highest BCUT2D eigenvalue weighted by atomic mass is 16.7. The first kappa shape index (κ1) is 12.0. The maximum Gasteiger partial charge on any atom is 0.229 e. The first-order valence-corrected chi connectivity index (χ1v) is 5.69. The fourth-order valence-corrected chi connectivity index (χ4v) is 1.77. The van der Waals surface area contributed by atoms with Crippen molar-refractivity contribution in [3.05, 3.63) is 47.9 Å². The second kappa shape index (κ2) is 6.27. The van der Waals surface area contributed by atoms with Gasteiger partial charge in [0.2, 0.25) is 6.79 Å². The summed E-state index contributed by atoms with van der Waals surface area (Å²) >= 11 is 0. The molecule has 0 radical (unpaired) electrons. The maximum absolute atomic E-state index is 9.06. The molecular formula is C13H17NO3. The minimum Gasteiger partial charge on any atom is -0.462 e. The van der Waals surface area contributed by atoms with E-state index in [-0.39, 0.29) is 6.61 Å². The van der Waals surface area contributed by atoms with Crippen LogP contribution in [-0.2, 0) is 16.0 Å². The number of hydrogen-bond donors (Lipinski definition) is 1. The second-order valence-electron chi connectivity index (χ2n) is 3.93. The molecule has 2 rings (SSSR count). The summed E-state index contributed by atoms with van der Waals surface area (Å²) in [6, 6.07) is 10.2. The van der Waals surface area contributed by atoms with Crippen molar-refractivity contribution in [3.8, 4) is 0 Å². The van der Waals surface area contributed by atoms with Gasteiger partial charge in [-0.15, -0.1) is 0 Å². The number of aliphatic hydroxyl groups is 1. The first-order chi connectivity index (χ1) is 8.38. The van der Waals surface area contributed by atoms with E-state index in [1.54, 1.807) is 6.26 Å². The Morgan fingerprint density at radius 1 is 1.18 bits per heavy atom. The van der Waals surface area contributed by atoms with E-state index in [0.717, 1.165) is 12.3 Å². The van der Waals surface area contributed by atoms with Crippen molar-refractivity contribution in [2.45, 2.75) is 6.54 Å². The third-order valence-corrected chi connectivity index (χ3v) is 2.57. The van der Waals surface area contributed by atoms with Gasteiger partial charge in [0.25, 0.3) is 0 Å². The summed E-state index contributed by atoms with van der Waals surface area (Å²) in [5.74, 6) is 0.814. The first-order valence-electron chi connectivity index (χ1n) is 5.69. The Labute approximate surface area is 101 Å². The minimum atomic E-state index is 0.140. The molecule has 0 bridgehead atoms. The van der Waals surface area contributed by atoms with Crippen LogP contribution in [0.15, 0.2) is 42.4 Å². The minimum absolute atomic E-state index is 0.140. The van der Waals surface area contributed by atoms with Crippen molar-refractivity contribution in [1.29, 1.82) is 0 Å². The van der Waals surface area contributed by atoms with Gasteiger partial charge in [-0.2, -0.15) is 0 Å². The van der Waals surface area contributed by atoms with Crippen molar-refractivity contribution in [1.82, 2.24) is 4.90 Å². The van der Waals surface area contributed by atoms with Gasteiger partial charge in [0.1, 0.15) is 12.0 Å². The lowest BCUT2D eigenvalue weighted by molar-refractivity contribution is 0.0703. The van der Waals surface area contributed by atoms with E-state index in [4.69, 9.17) is 14.6 Å². The summed E-state index contributed by atoms with van der Waals surface area (Å²) in [5, 5.41) is 9.06. The fraction of sp³-hybridized carbons (Fsp3) is 0.385. The van der Waals surface area contributed by atoms with Gasteiger partial charge in [-0.05, 0) is 5.56 Å². The standard InChI is InChI=1S/C13H17NO3/c15-7-6-14(9-13-10-16-11-17-13)8-12-4-2-1-3-5-12/h1-5,10,15H,6-9,11H2. The van der Waals surface area contributed by atoms with Gasteiger partial charge in [-0.25, -0.2) is 0 Å². The van der Waals surface area contributed by atoms with Gasteiger partial charge in [-0.1, -0.05) is 30.3 Å². The molecule has 0 aromatic heterocycles. The number of nitrogens with zero attached hydrogens (tertiary/aromatic N) is 1. The normalized spacial score (nSPS) is 14.4. The molecule has 1 aliphatic heterocycles. The molecule has 4 nitrogen and oxygen atoms in total. The number of ether oxygens (including phenoxy) is 2. The van der Waals surface area contributed by atoms with Gasteiger partial charge in [0.15, 0.2) is 0 Å². The number of rotatable bonds is 6. The molecule has 17 heavy (non-hydrogen) atoms. The highest BCUT2D eigenvalue weighted by molar-refractivity contribution is 5.14. The molecule has 0 amide bonds. The molecule has 92 valence electrons. The van der Waals surface area contributed by atoms with Crippen LogP contribution in [0, 0.1) is 0 Å². The highest BCUT2D eigenvalue weighted by Gasteiger charge is 2.12. The van der Waals surface area contributed by atoms with E-state index in [2.05, 4.69) is 17.0 Å². The number of benzene rings is 1. The average Bonchev–Trinajstić information content (AvgIpc) is 2.83. The Bertz CT molecular complexity index is 364. The monoisotopic (exact) mass is 235 g/mol. The van der Waals surface area contributed by atoms with Crippen LogP contribution in [0.25, 0.3) is 0 Å². The largest absolute Gasteiger partial charge is 0.462 e. The molecule has 0 saturated heterocycles. The Hall–Kier alpha value is -1.52. The van der Waals surface area contributed by atoms with Crippen LogP contribution < -0.4 is 0 Å². The van der Waals surface area contributed by atoms with Gasteiger partial charge in [-0.3, -0.25) is 4.90 Å². The predicted molar refractivity (Wildman–Crippen MR) is 63.9 cm³/mol. The third kappa shape index (κ3) is 3.76. The van der Waals surface area contributed by atoms with Crippen molar-refractivity contribution < 1.29 is 14.6 Å². The molecule has 1 N–H and O–H groups in total. The van der Waals surface area contributed by atoms with Crippen LogP contribution in [0.5, 0.6) is 0 Å². The van der Waals surface area contributed by atoms with Crippen molar-refractivity contribution >= 4 is 0 Å². The van der Waals surface area contributed by atoms with E-state index in [9.17, 15) is 0 Å². The van der Waals surface area contributed by atoms with E-state index >= 15 is 0 Å². The van der Waals surface area contributed by atoms with Crippen molar-refractivity contribution in [3.63, 3.8) is 0 Å². The van der Waals surface area contributed by atoms with Crippen LogP contribution in [-0.4, -0.2) is 36.5 Å². The van der Waals surface area contributed by atoms with E-state index < -0.39 is 0 Å². The lowest BCUT2D eigenvalue weighted by Gasteiger charge is -2.20. The topological polar surface area (TPSA) is 41.9 Å². The molecule has 0 fully saturated rings. The average molecular weight is 235 g/mol. The molecule has 0 atom stereocenters. The SMILES string of the molecule is OCCN(CC1=COCO1)Cc1ccccc1. The molecular weight excluding hydrogens is 218 g/mol. The Balaban J connectivity index is 1.92. The quantitative estimate of drug-likeness (QED) is 0.807. The van der Waals surface area contributed by atoms with Gasteiger partial charge < -0.3 is 14.6 Å². The summed E-state index contributed by atoms with van der Waals surface area (Å²) in [6.07, 6.45) is 1.63. The molecule has 0 saturated carbocycles. The summed E-state index contributed by atoms with van der Waals surface area (Å²) in [4.78, 5) is 2.12. The highest BCUT2D eigenvalue weighted by Crippen LogP contribution is 2.11. The second-order valence-corrected chi connectivity index (χ2v) is 3.93. The smallest absolute Gasteiger partial charge is 0.229 e. The van der Waals surface area contributed by atoms with E-state index in [0.29, 0.717) is 19.9 Å². The maximum atomic E-state index is 9.06. The van der Waals surface area contributed by atoms with Crippen LogP contribution in [0.3, 0.4) is 0 Å². The van der Waals surface area contributed by atoms with Crippen LogP contribution >= 0.6 is 0 Å². The van der Waals surface area contributed by atoms with Crippen molar-refractivity contribution in [2.75, 3.05) is 26.5 Å². The predicted octanol–water partition coefficient (Wildman–Crippen LogP) is 1.33. The van der Waals surface area contributed by atoms with Crippen molar-refractivity contribution in [2.24, 2.45) is 0 Å². The fourth-order valence-electron chi connectivity index (χ4n) is 1.77. The Kier molecular flexibility index (Phi) is 4.41. The van der Waals surface area contributed by atoms with Crippen LogP contribution in [0.4, 0.5) is 0 Å². The molecule has 1 heterocycles. The summed E-state index contributed by atoms with van der Waals surface area (Å²) < 4.78 is 10.3. The summed E-state index contributed by atoms with van der Waals surface area (Å²) in [7, 11) is 0. The molecule has 0 unspecified atom stereocenters. The molecule has 0 aliphatic carbocycles. The Morgan fingerprint density at radius 3 is 2.65 bits per heavy atom. The lowest BCUT2D eigenvalue weighted by atomic mass is 10.2. The summed E-state index contributed by atoms with van der Waals surface area (Å²) in [5.41, 5.74) is 1.22. The third-order valence-electron chi connectivity index (χ3n) is 2.57. The van der Waals surface area contributed by atoms with E-state index in [1.807, 2.05) is 18.2 Å². The van der Waals surface area contributed by atoms with Crippen LogP contribution in [0.1, 0.15) is 5.56 Å². The zero-order chi connectivity index (χ0) is 11.9. The Morgan fingerprint density at radius 2 is 2.00 bits per heavy atom. The molecule has 4 heteroatoms. The number of aliphatic hydroxyl groups excluding tert-OH is 1. The molecule has 0 spiro atoms. The lowest BCUT2D eigenvalue weighted by Crippen LogP contribution is -2.28. The van der Waals surface area contributed by atoms with E-state index in [1.165, 1.54) is 5.56 Å². The van der Waals surface area contributed by atoms with Gasteiger partial charge in [0.05, 0.1) is 13.2 Å². The zero-order valence-electron chi connectivity index (χ0n) is 9.71. The summed E-state index contributed by atoms with van der Waals surface area (Å²) in [6.45, 7) is 2.52. The van der Waals surface area contributed by atoms with Gasteiger partial charge in [0, 0.05) is 13.1 Å². The zero-order valence-corrected chi connectivity index (χ0v) is 9.71. The number of hydrogen-bond acceptors (Lipinski definition) is 4. The molecule has 1 aromatic carbocycles.